The van der Waals surface area contributed by atoms with Crippen molar-refractivity contribution in [1.29, 1.82) is 0 Å². The molecule has 142 valence electrons. The van der Waals surface area contributed by atoms with Gasteiger partial charge in [0.15, 0.2) is 0 Å². The third-order valence-electron chi connectivity index (χ3n) is 5.59. The van der Waals surface area contributed by atoms with Crippen molar-refractivity contribution < 1.29 is 14.3 Å². The molecule has 2 saturated heterocycles. The van der Waals surface area contributed by atoms with Gasteiger partial charge in [0.25, 0.3) is 5.91 Å². The van der Waals surface area contributed by atoms with E-state index in [9.17, 15) is 9.59 Å². The molecule has 0 bridgehead atoms. The number of carbonyl (C=O) groups excluding carboxylic acids is 2. The Morgan fingerprint density at radius 1 is 1.11 bits per heavy atom. The van der Waals surface area contributed by atoms with E-state index in [1.807, 2.05) is 31.7 Å². The molecule has 3 heterocycles. The topological polar surface area (TPSA) is 62.7 Å². The Bertz CT molecular complexity index is 917. The lowest BCUT2D eigenvalue weighted by atomic mass is 9.99. The molecule has 2 aliphatic heterocycles. The minimum Gasteiger partial charge on any atom is -0.448 e. The number of ether oxygens (including phenoxy) is 1. The maximum absolute atomic E-state index is 13.3. The quantitative estimate of drug-likeness (QED) is 0.818. The number of pyridine rings is 1. The molecule has 1 aromatic carbocycles. The fraction of sp³-hybridized carbons (Fsp3) is 0.476. The second kappa shape index (κ2) is 6.83. The van der Waals surface area contributed by atoms with Crippen LogP contribution in [0.5, 0.6) is 0 Å². The molecule has 0 N–H and O–H groups in total. The van der Waals surface area contributed by atoms with Crippen molar-refractivity contribution in [1.82, 2.24) is 14.8 Å². The van der Waals surface area contributed by atoms with E-state index in [1.54, 1.807) is 4.90 Å². The summed E-state index contributed by atoms with van der Waals surface area (Å²) in [5, 5.41) is 0.924. The number of nitrogens with zero attached hydrogens (tertiary/aromatic N) is 3. The third kappa shape index (κ3) is 3.24. The van der Waals surface area contributed by atoms with E-state index in [2.05, 4.69) is 17.1 Å². The van der Waals surface area contributed by atoms with Crippen LogP contribution in [0.1, 0.15) is 40.0 Å². The van der Waals surface area contributed by atoms with E-state index in [1.165, 1.54) is 0 Å². The number of piperidine rings is 1. The van der Waals surface area contributed by atoms with Gasteiger partial charge in [0.1, 0.15) is 6.61 Å². The van der Waals surface area contributed by atoms with Gasteiger partial charge in [-0.2, -0.15) is 0 Å². The Morgan fingerprint density at radius 2 is 1.85 bits per heavy atom. The Hall–Kier alpha value is -2.63. The summed E-state index contributed by atoms with van der Waals surface area (Å²) in [4.78, 5) is 33.4. The van der Waals surface area contributed by atoms with Crippen molar-refractivity contribution in [3.05, 3.63) is 40.6 Å². The lowest BCUT2D eigenvalue weighted by Gasteiger charge is -2.35. The summed E-state index contributed by atoms with van der Waals surface area (Å²) in [5.41, 5.74) is 4.70. The number of aryl methyl sites for hydroxylation is 3. The molecule has 0 unspecified atom stereocenters. The van der Waals surface area contributed by atoms with Crippen molar-refractivity contribution in [3.63, 3.8) is 0 Å². The van der Waals surface area contributed by atoms with Gasteiger partial charge in [0, 0.05) is 30.2 Å². The molecule has 2 aliphatic rings. The van der Waals surface area contributed by atoms with E-state index in [0.29, 0.717) is 26.2 Å². The van der Waals surface area contributed by atoms with Crippen LogP contribution in [0.25, 0.3) is 10.9 Å². The molecule has 0 radical (unpaired) electrons. The highest BCUT2D eigenvalue weighted by Crippen LogP contribution is 2.26. The number of amides is 2. The highest BCUT2D eigenvalue weighted by atomic mass is 16.6. The maximum Gasteiger partial charge on any atom is 0.410 e. The first-order valence-corrected chi connectivity index (χ1v) is 9.55. The molecule has 0 saturated carbocycles. The lowest BCUT2D eigenvalue weighted by molar-refractivity contribution is 0.0660. The number of hydrogen-bond acceptors (Lipinski definition) is 4. The summed E-state index contributed by atoms with van der Waals surface area (Å²) in [6.45, 7) is 8.45. The van der Waals surface area contributed by atoms with E-state index < -0.39 is 0 Å². The van der Waals surface area contributed by atoms with Crippen LogP contribution >= 0.6 is 0 Å². The molecular formula is C21H25N3O3. The molecule has 6 nitrogen and oxygen atoms in total. The van der Waals surface area contributed by atoms with E-state index in [0.717, 1.165) is 46.1 Å². The number of fused-ring (bicyclic) bond motifs is 1. The minimum absolute atomic E-state index is 0.0537. The molecule has 2 aromatic rings. The summed E-state index contributed by atoms with van der Waals surface area (Å²) < 4.78 is 5.05. The Labute approximate surface area is 159 Å². The molecule has 6 heteroatoms. The van der Waals surface area contributed by atoms with Crippen molar-refractivity contribution >= 4 is 22.9 Å². The highest BCUT2D eigenvalue weighted by Gasteiger charge is 2.33. The Kier molecular flexibility index (Phi) is 4.50. The number of hydrogen-bond donors (Lipinski definition) is 0. The van der Waals surface area contributed by atoms with Crippen LogP contribution in [-0.4, -0.2) is 59.1 Å². The van der Waals surface area contributed by atoms with Crippen LogP contribution in [0.2, 0.25) is 0 Å². The number of likely N-dealkylation sites (tertiary alicyclic amines) is 1. The number of carbonyl (C=O) groups is 2. The standard InChI is InChI=1S/C21H25N3O3/c1-13-10-14(2)19-17(11-13)18(12-15(3)22-19)20(25)23-6-4-16(5-7-23)24-8-9-27-21(24)26/h10-12,16H,4-9H2,1-3H3. The molecule has 1 aromatic heterocycles. The molecule has 4 rings (SSSR count). The summed E-state index contributed by atoms with van der Waals surface area (Å²) in [6.07, 6.45) is 1.36. The normalized spacial score (nSPS) is 18.3. The summed E-state index contributed by atoms with van der Waals surface area (Å²) >= 11 is 0. The predicted molar refractivity (Wildman–Crippen MR) is 103 cm³/mol. The first-order valence-electron chi connectivity index (χ1n) is 9.55. The van der Waals surface area contributed by atoms with Gasteiger partial charge >= 0.3 is 6.09 Å². The second-order valence-electron chi connectivity index (χ2n) is 7.62. The van der Waals surface area contributed by atoms with Gasteiger partial charge < -0.3 is 14.5 Å². The average Bonchev–Trinajstić information content (AvgIpc) is 3.07. The molecule has 27 heavy (non-hydrogen) atoms. The smallest absolute Gasteiger partial charge is 0.410 e. The van der Waals surface area contributed by atoms with Gasteiger partial charge in [-0.15, -0.1) is 0 Å². The van der Waals surface area contributed by atoms with Crippen LogP contribution in [0, 0.1) is 20.8 Å². The van der Waals surface area contributed by atoms with E-state index in [-0.39, 0.29) is 18.0 Å². The maximum atomic E-state index is 13.3. The highest BCUT2D eigenvalue weighted by molar-refractivity contribution is 6.07. The summed E-state index contributed by atoms with van der Waals surface area (Å²) in [5.74, 6) is 0.0537. The lowest BCUT2D eigenvalue weighted by Crippen LogP contribution is -2.47. The summed E-state index contributed by atoms with van der Waals surface area (Å²) in [6, 6.07) is 6.22. The van der Waals surface area contributed by atoms with Gasteiger partial charge in [-0.1, -0.05) is 11.6 Å². The largest absolute Gasteiger partial charge is 0.448 e. The van der Waals surface area contributed by atoms with Crippen LogP contribution < -0.4 is 0 Å². The minimum atomic E-state index is -0.221. The van der Waals surface area contributed by atoms with E-state index in [4.69, 9.17) is 4.74 Å². The zero-order valence-electron chi connectivity index (χ0n) is 16.1. The van der Waals surface area contributed by atoms with Crippen molar-refractivity contribution in [3.8, 4) is 0 Å². The van der Waals surface area contributed by atoms with Crippen LogP contribution in [0.15, 0.2) is 18.2 Å². The fourth-order valence-corrected chi connectivity index (χ4v) is 4.27. The molecular weight excluding hydrogens is 342 g/mol. The van der Waals surface area contributed by atoms with Crippen LogP contribution in [-0.2, 0) is 4.74 Å². The van der Waals surface area contributed by atoms with Crippen molar-refractivity contribution in [2.24, 2.45) is 0 Å². The second-order valence-corrected chi connectivity index (χ2v) is 7.62. The van der Waals surface area contributed by atoms with Gasteiger partial charge in [0.2, 0.25) is 0 Å². The van der Waals surface area contributed by atoms with Crippen molar-refractivity contribution in [2.45, 2.75) is 39.7 Å². The molecule has 0 aliphatic carbocycles. The van der Waals surface area contributed by atoms with Crippen LogP contribution in [0.3, 0.4) is 0 Å². The summed E-state index contributed by atoms with van der Waals surface area (Å²) in [7, 11) is 0. The first-order chi connectivity index (χ1) is 12.9. The Balaban J connectivity index is 1.58. The number of aromatic nitrogens is 1. The SMILES string of the molecule is Cc1cc(C)c2nc(C)cc(C(=O)N3CCC(N4CCOC4=O)CC3)c2c1. The number of rotatable bonds is 2. The zero-order chi connectivity index (χ0) is 19.1. The predicted octanol–water partition coefficient (Wildman–Crippen LogP) is 3.22. The van der Waals surface area contributed by atoms with Gasteiger partial charge in [-0.3, -0.25) is 9.78 Å². The third-order valence-corrected chi connectivity index (χ3v) is 5.59. The van der Waals surface area contributed by atoms with Gasteiger partial charge in [0.05, 0.1) is 17.6 Å². The Morgan fingerprint density at radius 3 is 2.52 bits per heavy atom. The number of benzene rings is 1. The zero-order valence-corrected chi connectivity index (χ0v) is 16.1. The molecule has 2 amide bonds. The van der Waals surface area contributed by atoms with Gasteiger partial charge in [-0.25, -0.2) is 4.79 Å². The first kappa shape index (κ1) is 17.8. The van der Waals surface area contributed by atoms with Crippen molar-refractivity contribution in [2.75, 3.05) is 26.2 Å². The van der Waals surface area contributed by atoms with Crippen LogP contribution in [0.4, 0.5) is 4.79 Å². The van der Waals surface area contributed by atoms with E-state index >= 15 is 0 Å². The number of cyclic esters (lactones) is 1. The van der Waals surface area contributed by atoms with Gasteiger partial charge in [-0.05, 0) is 51.3 Å². The molecule has 0 atom stereocenters. The average molecular weight is 367 g/mol. The molecule has 0 spiro atoms. The fourth-order valence-electron chi connectivity index (χ4n) is 4.27. The molecule has 2 fully saturated rings. The monoisotopic (exact) mass is 367 g/mol.